The van der Waals surface area contributed by atoms with Gasteiger partial charge in [-0.05, 0) is 6.92 Å². The number of allylic oxidation sites excluding steroid dienone is 1. The van der Waals surface area contributed by atoms with Crippen LogP contribution in [0.1, 0.15) is 29.7 Å². The van der Waals surface area contributed by atoms with E-state index in [0.717, 1.165) is 0 Å². The van der Waals surface area contributed by atoms with Crippen molar-refractivity contribution >= 4 is 39.2 Å². The van der Waals surface area contributed by atoms with E-state index in [1.807, 2.05) is 6.07 Å². The van der Waals surface area contributed by atoms with E-state index < -0.39 is 0 Å². The molecule has 3 aromatic rings. The molecule has 0 aliphatic carbocycles. The number of hydrogen-bond donors (Lipinski definition) is 1. The molecule has 0 atom stereocenters. The quantitative estimate of drug-likeness (QED) is 0.290. The number of fused-ring (bicyclic) bond motifs is 3. The lowest BCUT2D eigenvalue weighted by Gasteiger charge is -2.11. The minimum Gasteiger partial charge on any atom is -0.395 e. The van der Waals surface area contributed by atoms with Crippen molar-refractivity contribution in [3.8, 4) is 30.3 Å². The maximum Gasteiger partial charge on any atom is 0.177 e. The predicted octanol–water partition coefficient (Wildman–Crippen LogP) is 1.81. The van der Waals surface area contributed by atoms with Crippen LogP contribution in [0.4, 0.5) is 11.4 Å². The highest BCUT2D eigenvalue weighted by Gasteiger charge is 2.22. The van der Waals surface area contributed by atoms with Gasteiger partial charge < -0.3 is 5.73 Å². The summed E-state index contributed by atoms with van der Waals surface area (Å²) in [5.41, 5.74) is 5.46. The summed E-state index contributed by atoms with van der Waals surface area (Å²) in [7, 11) is 0. The van der Waals surface area contributed by atoms with E-state index in [4.69, 9.17) is 11.0 Å². The third-order valence-electron chi connectivity index (χ3n) is 4.03. The predicted molar refractivity (Wildman–Crippen MR) is 103 cm³/mol. The molecule has 2 heterocycles. The molecule has 0 fully saturated rings. The topological polar surface area (TPSA) is 209 Å². The first-order chi connectivity index (χ1) is 14.4. The Morgan fingerprint density at radius 3 is 1.60 bits per heavy atom. The molecule has 0 spiro atoms. The molecule has 0 radical (unpaired) electrons. The molecular formula is C19H7N11. The normalized spacial score (nSPS) is 10.5. The highest BCUT2D eigenvalue weighted by atomic mass is 14.9. The van der Waals surface area contributed by atoms with E-state index in [2.05, 4.69) is 31.5 Å². The number of nitrogens with two attached hydrogens (primary N) is 1. The highest BCUT2D eigenvalue weighted by Crippen LogP contribution is 2.38. The standard InChI is InChI=1S/C19H7N11/c1-8(3-20)9(2)26-15-14(25)16-18(29-11(5-22)10(4-21)27-16)19-17(15)28-12(6-23)13(7-24)30-19/h1,25H2,2H3. The van der Waals surface area contributed by atoms with Gasteiger partial charge in [-0.3, -0.25) is 0 Å². The van der Waals surface area contributed by atoms with Gasteiger partial charge in [-0.15, -0.1) is 0 Å². The number of aliphatic imine (C=N–C) groups is 1. The van der Waals surface area contributed by atoms with Crippen molar-refractivity contribution in [2.45, 2.75) is 6.92 Å². The first-order valence-electron chi connectivity index (χ1n) is 8.00. The Kier molecular flexibility index (Phi) is 4.70. The molecule has 0 bridgehead atoms. The first kappa shape index (κ1) is 19.3. The number of hydrogen-bond acceptors (Lipinski definition) is 11. The minimum atomic E-state index is -0.270. The number of nitrogens with zero attached hydrogens (tertiary/aromatic N) is 10. The fraction of sp³-hybridized carbons (Fsp3) is 0.0526. The van der Waals surface area contributed by atoms with Crippen molar-refractivity contribution in [1.82, 2.24) is 19.9 Å². The number of nitrogen functional groups attached to an aromatic ring is 1. The Labute approximate surface area is 168 Å². The molecule has 1 aromatic carbocycles. The van der Waals surface area contributed by atoms with Gasteiger partial charge in [-0.25, -0.2) is 24.9 Å². The van der Waals surface area contributed by atoms with E-state index in [1.54, 1.807) is 24.3 Å². The Hall–Kier alpha value is -5.44. The van der Waals surface area contributed by atoms with Crippen LogP contribution < -0.4 is 5.73 Å². The highest BCUT2D eigenvalue weighted by molar-refractivity contribution is 6.15. The van der Waals surface area contributed by atoms with Crippen molar-refractivity contribution < 1.29 is 0 Å². The molecule has 0 amide bonds. The van der Waals surface area contributed by atoms with Gasteiger partial charge in [0.25, 0.3) is 0 Å². The molecule has 11 heteroatoms. The summed E-state index contributed by atoms with van der Waals surface area (Å²) < 4.78 is 0. The smallest absolute Gasteiger partial charge is 0.177 e. The molecule has 30 heavy (non-hydrogen) atoms. The number of benzene rings is 1. The Bertz CT molecular complexity index is 1530. The number of aromatic nitrogens is 4. The van der Waals surface area contributed by atoms with Crippen LogP contribution in [0.15, 0.2) is 17.1 Å². The second-order valence-corrected chi connectivity index (χ2v) is 5.73. The lowest BCUT2D eigenvalue weighted by Crippen LogP contribution is -2.05. The fourth-order valence-corrected chi connectivity index (χ4v) is 2.53. The van der Waals surface area contributed by atoms with Crippen molar-refractivity contribution in [1.29, 1.82) is 26.3 Å². The third-order valence-corrected chi connectivity index (χ3v) is 4.03. The summed E-state index contributed by atoms with van der Waals surface area (Å²) in [6, 6.07) is 8.94. The molecule has 0 unspecified atom stereocenters. The molecule has 138 valence electrons. The van der Waals surface area contributed by atoms with Gasteiger partial charge in [-0.1, -0.05) is 6.58 Å². The molecule has 2 aromatic heterocycles. The van der Waals surface area contributed by atoms with E-state index >= 15 is 0 Å². The Balaban J connectivity index is 2.65. The van der Waals surface area contributed by atoms with Gasteiger partial charge in [0.1, 0.15) is 58.1 Å². The molecule has 11 nitrogen and oxygen atoms in total. The number of nitriles is 5. The summed E-state index contributed by atoms with van der Waals surface area (Å²) in [4.78, 5) is 20.8. The molecule has 0 saturated carbocycles. The van der Waals surface area contributed by atoms with Gasteiger partial charge in [-0.2, -0.15) is 26.3 Å². The summed E-state index contributed by atoms with van der Waals surface area (Å²) in [5.74, 6) is 0. The second kappa shape index (κ2) is 7.29. The van der Waals surface area contributed by atoms with E-state index in [9.17, 15) is 21.0 Å². The van der Waals surface area contributed by atoms with Gasteiger partial charge in [0, 0.05) is 0 Å². The van der Waals surface area contributed by atoms with Crippen LogP contribution in [0, 0.1) is 56.7 Å². The zero-order valence-corrected chi connectivity index (χ0v) is 15.3. The zero-order valence-electron chi connectivity index (χ0n) is 15.3. The van der Waals surface area contributed by atoms with Gasteiger partial charge in [0.15, 0.2) is 22.8 Å². The van der Waals surface area contributed by atoms with Gasteiger partial charge in [0.2, 0.25) is 0 Å². The van der Waals surface area contributed by atoms with Crippen LogP contribution in [-0.2, 0) is 0 Å². The first-order valence-corrected chi connectivity index (χ1v) is 8.00. The van der Waals surface area contributed by atoms with Crippen LogP contribution in [-0.4, -0.2) is 25.6 Å². The number of anilines is 1. The maximum absolute atomic E-state index is 9.31. The largest absolute Gasteiger partial charge is 0.395 e. The fourth-order valence-electron chi connectivity index (χ4n) is 2.53. The number of rotatable bonds is 2. The monoisotopic (exact) mass is 389 g/mol. The zero-order chi connectivity index (χ0) is 22.0. The minimum absolute atomic E-state index is 0.00932. The van der Waals surface area contributed by atoms with Crippen LogP contribution in [0.25, 0.3) is 22.1 Å². The molecule has 2 N–H and O–H groups in total. The summed E-state index contributed by atoms with van der Waals surface area (Å²) >= 11 is 0. The average Bonchev–Trinajstić information content (AvgIpc) is 2.78. The lowest BCUT2D eigenvalue weighted by molar-refractivity contribution is 1.17. The Morgan fingerprint density at radius 2 is 1.17 bits per heavy atom. The Morgan fingerprint density at radius 1 is 0.767 bits per heavy atom. The van der Waals surface area contributed by atoms with Crippen LogP contribution in [0.2, 0.25) is 0 Å². The maximum atomic E-state index is 9.31. The SMILES string of the molecule is C=C(C#N)C(C)=Nc1c(N)c2nc(C#N)c(C#N)nc2c2nc(C#N)c(C#N)nc12. The molecule has 0 aliphatic heterocycles. The summed E-state index contributed by atoms with van der Waals surface area (Å²) in [6.07, 6.45) is 0. The van der Waals surface area contributed by atoms with Gasteiger partial charge >= 0.3 is 0 Å². The van der Waals surface area contributed by atoms with Crippen LogP contribution in [0.3, 0.4) is 0 Å². The van der Waals surface area contributed by atoms with Gasteiger partial charge in [0.05, 0.1) is 17.0 Å². The van der Waals surface area contributed by atoms with Crippen molar-refractivity contribution in [2.75, 3.05) is 5.73 Å². The van der Waals surface area contributed by atoms with E-state index in [1.165, 1.54) is 6.92 Å². The second-order valence-electron chi connectivity index (χ2n) is 5.73. The van der Waals surface area contributed by atoms with Crippen molar-refractivity contribution in [3.05, 3.63) is 34.9 Å². The summed E-state index contributed by atoms with van der Waals surface area (Å²) in [5, 5.41) is 46.2. The van der Waals surface area contributed by atoms with Crippen molar-refractivity contribution in [2.24, 2.45) is 4.99 Å². The molecule has 0 aliphatic rings. The lowest BCUT2D eigenvalue weighted by atomic mass is 10.1. The van der Waals surface area contributed by atoms with Crippen LogP contribution in [0.5, 0.6) is 0 Å². The molecule has 0 saturated heterocycles. The average molecular weight is 389 g/mol. The van der Waals surface area contributed by atoms with Crippen LogP contribution >= 0.6 is 0 Å². The summed E-state index contributed by atoms with van der Waals surface area (Å²) in [6.45, 7) is 5.10. The van der Waals surface area contributed by atoms with E-state index in [0.29, 0.717) is 0 Å². The van der Waals surface area contributed by atoms with Crippen molar-refractivity contribution in [3.63, 3.8) is 0 Å². The molecule has 3 rings (SSSR count). The van der Waals surface area contributed by atoms with E-state index in [-0.39, 0.29) is 67.5 Å². The molecular weight excluding hydrogens is 382 g/mol. The third kappa shape index (κ3) is 2.86.